The highest BCUT2D eigenvalue weighted by atomic mass is 16.2. The molecule has 2 aromatic carbocycles. The molecule has 0 spiro atoms. The van der Waals surface area contributed by atoms with Gasteiger partial charge in [-0.25, -0.2) is 0 Å². The molecule has 2 aliphatic rings. The molecule has 1 aliphatic carbocycles. The van der Waals surface area contributed by atoms with Gasteiger partial charge in [0.05, 0.1) is 5.57 Å². The van der Waals surface area contributed by atoms with E-state index in [2.05, 4.69) is 34.1 Å². The number of allylic oxidation sites excluding steroid dienone is 3. The summed E-state index contributed by atoms with van der Waals surface area (Å²) in [6, 6.07) is 15.4. The van der Waals surface area contributed by atoms with Crippen molar-refractivity contribution in [2.45, 2.75) is 12.8 Å². The van der Waals surface area contributed by atoms with Crippen molar-refractivity contribution in [1.29, 1.82) is 0 Å². The van der Waals surface area contributed by atoms with Gasteiger partial charge in [0, 0.05) is 49.7 Å². The number of ketones is 2. The number of carbonyl (C=O) groups excluding carboxylic acids is 2. The van der Waals surface area contributed by atoms with Gasteiger partial charge in [-0.1, -0.05) is 36.4 Å². The smallest absolute Gasteiger partial charge is 0.197 e. The molecule has 0 N–H and O–H groups in total. The number of nitrogens with zero attached hydrogens (tertiary/aromatic N) is 2. The molecular weight excluding hydrogens is 348 g/mol. The van der Waals surface area contributed by atoms with E-state index >= 15 is 0 Å². The van der Waals surface area contributed by atoms with E-state index in [4.69, 9.17) is 0 Å². The number of Topliss-reactive ketones (excluding diaryl/α,β-unsaturated/α-hetero) is 2. The SMILES string of the molecule is CN(C)c1ccc(/C(=C\C=C2C(=O)c3ccccc3C2=O)N2CCCC2)cc1. The minimum absolute atomic E-state index is 0.180. The van der Waals surface area contributed by atoms with Crippen LogP contribution in [0.4, 0.5) is 5.69 Å². The van der Waals surface area contributed by atoms with Crippen LogP contribution in [-0.4, -0.2) is 43.7 Å². The number of anilines is 1. The van der Waals surface area contributed by atoms with E-state index in [-0.39, 0.29) is 17.1 Å². The Labute approximate surface area is 165 Å². The molecule has 2 aromatic rings. The van der Waals surface area contributed by atoms with E-state index in [0.29, 0.717) is 11.1 Å². The molecule has 0 saturated carbocycles. The van der Waals surface area contributed by atoms with Crippen molar-refractivity contribution >= 4 is 23.0 Å². The lowest BCUT2D eigenvalue weighted by atomic mass is 10.1. The molecule has 4 heteroatoms. The van der Waals surface area contributed by atoms with Crippen LogP contribution in [-0.2, 0) is 0 Å². The maximum Gasteiger partial charge on any atom is 0.197 e. The lowest BCUT2D eigenvalue weighted by Crippen LogP contribution is -2.17. The van der Waals surface area contributed by atoms with Crippen molar-refractivity contribution in [2.24, 2.45) is 0 Å². The second kappa shape index (κ2) is 7.47. The van der Waals surface area contributed by atoms with Gasteiger partial charge in [0.2, 0.25) is 0 Å². The van der Waals surface area contributed by atoms with Crippen LogP contribution in [0, 0.1) is 0 Å². The van der Waals surface area contributed by atoms with Crippen LogP contribution in [0.2, 0.25) is 0 Å². The van der Waals surface area contributed by atoms with E-state index in [0.717, 1.165) is 42.9 Å². The maximum absolute atomic E-state index is 12.7. The van der Waals surface area contributed by atoms with Crippen molar-refractivity contribution in [3.8, 4) is 0 Å². The molecule has 0 atom stereocenters. The number of rotatable bonds is 4. The third-order valence-electron chi connectivity index (χ3n) is 5.44. The molecule has 28 heavy (non-hydrogen) atoms. The van der Waals surface area contributed by atoms with Crippen molar-refractivity contribution in [3.63, 3.8) is 0 Å². The van der Waals surface area contributed by atoms with Crippen molar-refractivity contribution in [2.75, 3.05) is 32.1 Å². The Kier molecular flexibility index (Phi) is 4.86. The van der Waals surface area contributed by atoms with Crippen molar-refractivity contribution in [3.05, 3.63) is 82.9 Å². The summed E-state index contributed by atoms with van der Waals surface area (Å²) in [7, 11) is 4.04. The van der Waals surface area contributed by atoms with Crippen LogP contribution < -0.4 is 4.90 Å². The Morgan fingerprint density at radius 2 is 1.46 bits per heavy atom. The van der Waals surface area contributed by atoms with Crippen LogP contribution in [0.1, 0.15) is 39.1 Å². The van der Waals surface area contributed by atoms with E-state index in [9.17, 15) is 9.59 Å². The maximum atomic E-state index is 12.7. The predicted octanol–water partition coefficient (Wildman–Crippen LogP) is 4.19. The molecule has 0 unspecified atom stereocenters. The normalized spacial score (nSPS) is 16.6. The highest BCUT2D eigenvalue weighted by molar-refractivity contribution is 6.39. The van der Waals surface area contributed by atoms with Crippen LogP contribution in [0.25, 0.3) is 5.70 Å². The minimum Gasteiger partial charge on any atom is -0.378 e. The van der Waals surface area contributed by atoms with Gasteiger partial charge in [0.25, 0.3) is 0 Å². The van der Waals surface area contributed by atoms with E-state index in [1.807, 2.05) is 20.2 Å². The Morgan fingerprint density at radius 1 is 0.893 bits per heavy atom. The first-order chi connectivity index (χ1) is 13.6. The summed E-state index contributed by atoms with van der Waals surface area (Å²) in [5.74, 6) is -0.360. The van der Waals surface area contributed by atoms with Gasteiger partial charge in [-0.15, -0.1) is 0 Å². The molecule has 0 radical (unpaired) electrons. The highest BCUT2D eigenvalue weighted by Crippen LogP contribution is 2.29. The molecule has 0 bridgehead atoms. The number of benzene rings is 2. The standard InChI is InChI=1S/C24H24N2O2/c1-25(2)18-11-9-17(10-12-18)22(26-15-5-6-16-26)14-13-21-23(27)19-7-3-4-8-20(19)24(21)28/h3-4,7-14H,5-6,15-16H2,1-2H3/b22-14+. The zero-order valence-electron chi connectivity index (χ0n) is 16.3. The average Bonchev–Trinajstić information content (AvgIpc) is 3.32. The van der Waals surface area contributed by atoms with E-state index in [1.54, 1.807) is 30.3 Å². The fourth-order valence-electron chi connectivity index (χ4n) is 3.86. The molecule has 142 valence electrons. The molecule has 1 fully saturated rings. The Balaban J connectivity index is 1.71. The summed E-state index contributed by atoms with van der Waals surface area (Å²) in [5.41, 5.74) is 4.56. The lowest BCUT2D eigenvalue weighted by Gasteiger charge is -2.22. The fourth-order valence-corrected chi connectivity index (χ4v) is 3.86. The first-order valence-electron chi connectivity index (χ1n) is 9.69. The average molecular weight is 372 g/mol. The number of hydrogen-bond acceptors (Lipinski definition) is 4. The summed E-state index contributed by atoms with van der Waals surface area (Å²) in [4.78, 5) is 29.7. The lowest BCUT2D eigenvalue weighted by molar-refractivity contribution is 0.0989. The molecule has 0 aromatic heterocycles. The molecular formula is C24H24N2O2. The van der Waals surface area contributed by atoms with Crippen LogP contribution in [0.3, 0.4) is 0 Å². The van der Waals surface area contributed by atoms with E-state index < -0.39 is 0 Å². The van der Waals surface area contributed by atoms with Gasteiger partial charge < -0.3 is 9.80 Å². The minimum atomic E-state index is -0.180. The quantitative estimate of drug-likeness (QED) is 0.596. The number of hydrogen-bond donors (Lipinski definition) is 0. The first-order valence-corrected chi connectivity index (χ1v) is 9.69. The Bertz CT molecular complexity index is 941. The van der Waals surface area contributed by atoms with Gasteiger partial charge in [0.15, 0.2) is 11.6 Å². The summed E-state index contributed by atoms with van der Waals surface area (Å²) < 4.78 is 0. The van der Waals surface area contributed by atoms with Crippen molar-refractivity contribution < 1.29 is 9.59 Å². The molecule has 1 heterocycles. The first kappa shape index (κ1) is 18.2. The largest absolute Gasteiger partial charge is 0.378 e. The van der Waals surface area contributed by atoms with E-state index in [1.165, 1.54) is 0 Å². The van der Waals surface area contributed by atoms with Crippen molar-refractivity contribution in [1.82, 2.24) is 4.90 Å². The molecule has 4 nitrogen and oxygen atoms in total. The number of likely N-dealkylation sites (tertiary alicyclic amines) is 1. The monoisotopic (exact) mass is 372 g/mol. The van der Waals surface area contributed by atoms with Crippen LogP contribution in [0.15, 0.2) is 66.3 Å². The third-order valence-corrected chi connectivity index (χ3v) is 5.44. The topological polar surface area (TPSA) is 40.6 Å². The summed E-state index contributed by atoms with van der Waals surface area (Å²) in [5, 5.41) is 0. The highest BCUT2D eigenvalue weighted by Gasteiger charge is 2.32. The van der Waals surface area contributed by atoms with Gasteiger partial charge in [0.1, 0.15) is 0 Å². The summed E-state index contributed by atoms with van der Waals surface area (Å²) >= 11 is 0. The predicted molar refractivity (Wildman–Crippen MR) is 113 cm³/mol. The number of carbonyl (C=O) groups is 2. The second-order valence-electron chi connectivity index (χ2n) is 7.47. The second-order valence-corrected chi connectivity index (χ2v) is 7.47. The van der Waals surface area contributed by atoms with Gasteiger partial charge in [-0.2, -0.15) is 0 Å². The van der Waals surface area contributed by atoms with Crippen LogP contribution in [0.5, 0.6) is 0 Å². The van der Waals surface area contributed by atoms with Crippen LogP contribution >= 0.6 is 0 Å². The zero-order chi connectivity index (χ0) is 19.7. The molecule has 1 aliphatic heterocycles. The summed E-state index contributed by atoms with van der Waals surface area (Å²) in [6.45, 7) is 1.99. The number of fused-ring (bicyclic) bond motifs is 1. The van der Waals surface area contributed by atoms with Gasteiger partial charge in [-0.3, -0.25) is 9.59 Å². The Hall–Kier alpha value is -3.14. The van der Waals surface area contributed by atoms with Gasteiger partial charge >= 0.3 is 0 Å². The fraction of sp³-hybridized carbons (Fsp3) is 0.250. The van der Waals surface area contributed by atoms with Gasteiger partial charge in [-0.05, 0) is 42.7 Å². The third kappa shape index (κ3) is 3.26. The summed E-state index contributed by atoms with van der Waals surface area (Å²) in [6.07, 6.45) is 5.96. The molecule has 0 amide bonds. The Morgan fingerprint density at radius 3 is 2.00 bits per heavy atom. The zero-order valence-corrected chi connectivity index (χ0v) is 16.3. The molecule has 1 saturated heterocycles. The molecule has 4 rings (SSSR count).